The predicted octanol–water partition coefficient (Wildman–Crippen LogP) is 0.617. The topological polar surface area (TPSA) is 62.5 Å². The van der Waals surface area contributed by atoms with Crippen LogP contribution in [0.4, 0.5) is 0 Å². The first kappa shape index (κ1) is 8.81. The van der Waals surface area contributed by atoms with E-state index in [-0.39, 0.29) is 12.3 Å². The molecule has 0 amide bonds. The van der Waals surface area contributed by atoms with Crippen LogP contribution in [0.1, 0.15) is 13.3 Å². The number of hydrogen-bond acceptors (Lipinski definition) is 3. The largest absolute Gasteiger partial charge is 0.469 e. The molecule has 4 nitrogen and oxygen atoms in total. The van der Waals surface area contributed by atoms with Crippen LogP contribution in [0.15, 0.2) is 4.99 Å². The lowest BCUT2D eigenvalue weighted by Crippen LogP contribution is -2.06. The summed E-state index contributed by atoms with van der Waals surface area (Å²) in [6, 6.07) is 0. The second kappa shape index (κ2) is 4.67. The zero-order valence-corrected chi connectivity index (χ0v) is 6.05. The SMILES string of the molecule is CC=NC(=N)CC(=O)OC. The molecule has 0 saturated heterocycles. The molecule has 56 valence electrons. The summed E-state index contributed by atoms with van der Waals surface area (Å²) >= 11 is 0. The van der Waals surface area contributed by atoms with E-state index in [0.717, 1.165) is 0 Å². The van der Waals surface area contributed by atoms with E-state index in [4.69, 9.17) is 5.41 Å². The Labute approximate surface area is 59.4 Å². The van der Waals surface area contributed by atoms with E-state index in [0.29, 0.717) is 0 Å². The van der Waals surface area contributed by atoms with Gasteiger partial charge in [-0.2, -0.15) is 0 Å². The second-order valence-electron chi connectivity index (χ2n) is 1.59. The second-order valence-corrected chi connectivity index (χ2v) is 1.59. The lowest BCUT2D eigenvalue weighted by molar-refractivity contribution is -0.139. The van der Waals surface area contributed by atoms with Gasteiger partial charge in [-0.3, -0.25) is 10.2 Å². The maximum Gasteiger partial charge on any atom is 0.313 e. The number of esters is 1. The highest BCUT2D eigenvalue weighted by molar-refractivity contribution is 5.98. The van der Waals surface area contributed by atoms with Crippen LogP contribution in [-0.2, 0) is 9.53 Å². The summed E-state index contributed by atoms with van der Waals surface area (Å²) in [6.45, 7) is 1.69. The Morgan fingerprint density at radius 3 is 2.80 bits per heavy atom. The Kier molecular flexibility index (Phi) is 4.11. The summed E-state index contributed by atoms with van der Waals surface area (Å²) in [5.74, 6) is -0.412. The number of methoxy groups -OCH3 is 1. The number of nitrogens with one attached hydrogen (secondary N) is 1. The third-order valence-electron chi connectivity index (χ3n) is 0.824. The molecule has 0 radical (unpaired) electrons. The standard InChI is InChI=1S/C6H10N2O2/c1-3-8-5(7)4-6(9)10-2/h3,7H,4H2,1-2H3. The molecule has 0 unspecified atom stereocenters. The Balaban J connectivity index is 3.68. The van der Waals surface area contributed by atoms with Crippen molar-refractivity contribution in [1.82, 2.24) is 0 Å². The van der Waals surface area contributed by atoms with Crippen molar-refractivity contribution in [3.63, 3.8) is 0 Å². The van der Waals surface area contributed by atoms with E-state index in [9.17, 15) is 4.79 Å². The molecule has 0 spiro atoms. The number of amidine groups is 1. The highest BCUT2D eigenvalue weighted by atomic mass is 16.5. The molecule has 0 atom stereocenters. The molecule has 0 aliphatic rings. The van der Waals surface area contributed by atoms with Crippen LogP contribution in [0.2, 0.25) is 0 Å². The van der Waals surface area contributed by atoms with Crippen LogP contribution >= 0.6 is 0 Å². The highest BCUT2D eigenvalue weighted by Gasteiger charge is 2.02. The van der Waals surface area contributed by atoms with E-state index in [1.54, 1.807) is 6.92 Å². The van der Waals surface area contributed by atoms with Crippen molar-refractivity contribution in [1.29, 1.82) is 5.41 Å². The number of ether oxygens (including phenoxy) is 1. The number of carbonyl (C=O) groups is 1. The first-order valence-corrected chi connectivity index (χ1v) is 2.83. The fourth-order valence-electron chi connectivity index (χ4n) is 0.410. The zero-order chi connectivity index (χ0) is 7.98. The van der Waals surface area contributed by atoms with E-state index in [1.807, 2.05) is 0 Å². The summed E-state index contributed by atoms with van der Waals surface area (Å²) in [5, 5.41) is 7.02. The summed E-state index contributed by atoms with van der Waals surface area (Å²) < 4.78 is 4.31. The quantitative estimate of drug-likeness (QED) is 0.349. The molecule has 0 aromatic carbocycles. The average molecular weight is 142 g/mol. The van der Waals surface area contributed by atoms with Gasteiger partial charge in [-0.15, -0.1) is 0 Å². The zero-order valence-electron chi connectivity index (χ0n) is 6.05. The number of hydrogen-bond donors (Lipinski definition) is 1. The van der Waals surface area contributed by atoms with Gasteiger partial charge in [-0.25, -0.2) is 4.99 Å². The Morgan fingerprint density at radius 1 is 1.80 bits per heavy atom. The molecule has 0 fully saturated rings. The van der Waals surface area contributed by atoms with E-state index < -0.39 is 5.97 Å². The molecule has 10 heavy (non-hydrogen) atoms. The van der Waals surface area contributed by atoms with Crippen molar-refractivity contribution in [3.8, 4) is 0 Å². The van der Waals surface area contributed by atoms with Gasteiger partial charge in [0.25, 0.3) is 0 Å². The van der Waals surface area contributed by atoms with Crippen LogP contribution in [0, 0.1) is 5.41 Å². The Hall–Kier alpha value is -1.19. The van der Waals surface area contributed by atoms with Crippen LogP contribution in [0.25, 0.3) is 0 Å². The molecular formula is C6H10N2O2. The maximum absolute atomic E-state index is 10.5. The molecule has 0 aromatic heterocycles. The summed E-state index contributed by atoms with van der Waals surface area (Å²) in [7, 11) is 1.28. The van der Waals surface area contributed by atoms with Gasteiger partial charge in [0.1, 0.15) is 12.3 Å². The van der Waals surface area contributed by atoms with Crippen LogP contribution in [-0.4, -0.2) is 25.1 Å². The monoisotopic (exact) mass is 142 g/mol. The third-order valence-corrected chi connectivity index (χ3v) is 0.824. The number of rotatable bonds is 2. The first-order valence-electron chi connectivity index (χ1n) is 2.83. The molecule has 0 aliphatic heterocycles. The van der Waals surface area contributed by atoms with Gasteiger partial charge in [0.05, 0.1) is 7.11 Å². The average Bonchev–Trinajstić information content (AvgIpc) is 1.88. The van der Waals surface area contributed by atoms with Gasteiger partial charge < -0.3 is 4.74 Å². The van der Waals surface area contributed by atoms with E-state index in [2.05, 4.69) is 9.73 Å². The number of aliphatic imine (C=N–C) groups is 1. The molecule has 0 aliphatic carbocycles. The molecular weight excluding hydrogens is 132 g/mol. The minimum atomic E-state index is -0.435. The van der Waals surface area contributed by atoms with E-state index in [1.165, 1.54) is 13.3 Å². The molecule has 4 heteroatoms. The van der Waals surface area contributed by atoms with Crippen molar-refractivity contribution >= 4 is 18.0 Å². The number of carbonyl (C=O) groups excluding carboxylic acids is 1. The van der Waals surface area contributed by atoms with Crippen molar-refractivity contribution in [2.75, 3.05) is 7.11 Å². The Bertz CT molecular complexity index is 163. The summed E-state index contributed by atoms with van der Waals surface area (Å²) in [6.07, 6.45) is 1.41. The van der Waals surface area contributed by atoms with Gasteiger partial charge in [0.2, 0.25) is 0 Å². The van der Waals surface area contributed by atoms with Gasteiger partial charge in [-0.1, -0.05) is 0 Å². The molecule has 0 aromatic rings. The first-order chi connectivity index (χ1) is 4.70. The van der Waals surface area contributed by atoms with Crippen LogP contribution in [0.3, 0.4) is 0 Å². The fourth-order valence-corrected chi connectivity index (χ4v) is 0.410. The highest BCUT2D eigenvalue weighted by Crippen LogP contribution is 1.87. The molecule has 0 bridgehead atoms. The summed E-state index contributed by atoms with van der Waals surface area (Å²) in [5.41, 5.74) is 0. The smallest absolute Gasteiger partial charge is 0.313 e. The predicted molar refractivity (Wildman–Crippen MR) is 38.5 cm³/mol. The van der Waals surface area contributed by atoms with Gasteiger partial charge in [0.15, 0.2) is 0 Å². The third kappa shape index (κ3) is 3.77. The lowest BCUT2D eigenvalue weighted by Gasteiger charge is -1.94. The molecule has 0 heterocycles. The van der Waals surface area contributed by atoms with E-state index >= 15 is 0 Å². The minimum Gasteiger partial charge on any atom is -0.469 e. The molecule has 1 N–H and O–H groups in total. The lowest BCUT2D eigenvalue weighted by atomic mass is 10.4. The van der Waals surface area contributed by atoms with Crippen molar-refractivity contribution < 1.29 is 9.53 Å². The molecule has 0 saturated carbocycles. The normalized spacial score (nSPS) is 9.80. The summed E-state index contributed by atoms with van der Waals surface area (Å²) in [4.78, 5) is 14.0. The maximum atomic E-state index is 10.5. The van der Waals surface area contributed by atoms with Gasteiger partial charge >= 0.3 is 5.97 Å². The van der Waals surface area contributed by atoms with Crippen molar-refractivity contribution in [3.05, 3.63) is 0 Å². The minimum absolute atomic E-state index is 0.0225. The van der Waals surface area contributed by atoms with Crippen molar-refractivity contribution in [2.45, 2.75) is 13.3 Å². The van der Waals surface area contributed by atoms with Crippen molar-refractivity contribution in [2.24, 2.45) is 4.99 Å². The van der Waals surface area contributed by atoms with Crippen LogP contribution < -0.4 is 0 Å². The number of nitrogens with zero attached hydrogens (tertiary/aromatic N) is 1. The fraction of sp³-hybridized carbons (Fsp3) is 0.500. The van der Waals surface area contributed by atoms with Gasteiger partial charge in [-0.05, 0) is 6.92 Å². The van der Waals surface area contributed by atoms with Crippen LogP contribution in [0.5, 0.6) is 0 Å². The Morgan fingerprint density at radius 2 is 2.40 bits per heavy atom. The molecule has 0 rings (SSSR count). The van der Waals surface area contributed by atoms with Gasteiger partial charge in [0, 0.05) is 6.21 Å².